The molecule has 0 aliphatic carbocycles. The van der Waals surface area contributed by atoms with Gasteiger partial charge in [0.15, 0.2) is 0 Å². The molecule has 1 rings (SSSR count). The Hall–Kier alpha value is -0.780. The minimum atomic E-state index is -4.26. The molecule has 1 heterocycles. The highest BCUT2D eigenvalue weighted by Crippen LogP contribution is 2.29. The molecule has 1 fully saturated rings. The quantitative estimate of drug-likeness (QED) is 0.698. The first-order chi connectivity index (χ1) is 5.89. The molecule has 1 saturated heterocycles. The number of hydrogen-bond donors (Lipinski definition) is 2. The van der Waals surface area contributed by atoms with Crippen LogP contribution in [0.5, 0.6) is 0 Å². The van der Waals surface area contributed by atoms with Gasteiger partial charge >= 0.3 is 12.1 Å². The first-order valence-electron chi connectivity index (χ1n) is 3.94. The lowest BCUT2D eigenvalue weighted by atomic mass is 10.1. The van der Waals surface area contributed by atoms with E-state index in [1.165, 1.54) is 0 Å². The van der Waals surface area contributed by atoms with Crippen LogP contribution < -0.4 is 5.32 Å². The molecule has 3 nitrogen and oxygen atoms in total. The fourth-order valence-corrected chi connectivity index (χ4v) is 1.45. The summed E-state index contributed by atoms with van der Waals surface area (Å²) in [5.41, 5.74) is 0. The Balaban J connectivity index is 2.41. The van der Waals surface area contributed by atoms with E-state index >= 15 is 0 Å². The first-order valence-corrected chi connectivity index (χ1v) is 3.94. The van der Waals surface area contributed by atoms with Crippen LogP contribution in [-0.4, -0.2) is 29.3 Å². The number of carboxylic acids is 1. The summed E-state index contributed by atoms with van der Waals surface area (Å²) in [6.45, 7) is 0. The molecule has 13 heavy (non-hydrogen) atoms. The van der Waals surface area contributed by atoms with E-state index in [0.717, 1.165) is 0 Å². The summed E-state index contributed by atoms with van der Waals surface area (Å²) in [6.07, 6.45) is -4.25. The molecular weight excluding hydrogens is 187 g/mol. The second-order valence-corrected chi connectivity index (χ2v) is 3.13. The molecule has 1 aliphatic heterocycles. The smallest absolute Gasteiger partial charge is 0.403 e. The third-order valence-corrected chi connectivity index (χ3v) is 2.06. The van der Waals surface area contributed by atoms with E-state index in [2.05, 4.69) is 5.32 Å². The van der Waals surface area contributed by atoms with E-state index in [-0.39, 0.29) is 19.3 Å². The van der Waals surface area contributed by atoms with E-state index in [0.29, 0.717) is 0 Å². The zero-order valence-corrected chi connectivity index (χ0v) is 6.77. The van der Waals surface area contributed by atoms with Crippen LogP contribution >= 0.6 is 0 Å². The van der Waals surface area contributed by atoms with Gasteiger partial charge in [0, 0.05) is 6.04 Å². The molecule has 0 spiro atoms. The number of carboxylic acid groups (broad SMARTS) is 1. The van der Waals surface area contributed by atoms with E-state index in [1.54, 1.807) is 0 Å². The SMILES string of the molecule is O=C(O)C[C@H]1CC[C@@H](C(F)(F)F)N1. The van der Waals surface area contributed by atoms with Gasteiger partial charge in [0.25, 0.3) is 0 Å². The summed E-state index contributed by atoms with van der Waals surface area (Å²) < 4.78 is 36.2. The molecule has 0 unspecified atom stereocenters. The molecule has 0 aromatic heterocycles. The number of nitrogens with one attached hydrogen (secondary N) is 1. The summed E-state index contributed by atoms with van der Waals surface area (Å²) in [5, 5.41) is 10.6. The van der Waals surface area contributed by atoms with Gasteiger partial charge in [-0.3, -0.25) is 4.79 Å². The fourth-order valence-electron chi connectivity index (χ4n) is 1.45. The maximum Gasteiger partial charge on any atom is 0.403 e. The standard InChI is InChI=1S/C7H10F3NO2/c8-7(9,10)5-2-1-4(11-5)3-6(12)13/h4-5,11H,1-3H2,(H,12,13)/t4-,5+/m1/s1. The minimum Gasteiger partial charge on any atom is -0.481 e. The summed E-state index contributed by atoms with van der Waals surface area (Å²) in [4.78, 5) is 10.2. The lowest BCUT2D eigenvalue weighted by Gasteiger charge is -2.15. The van der Waals surface area contributed by atoms with Crippen LogP contribution in [0.4, 0.5) is 13.2 Å². The van der Waals surface area contributed by atoms with Gasteiger partial charge in [-0.15, -0.1) is 0 Å². The predicted molar refractivity (Wildman–Crippen MR) is 38.3 cm³/mol. The zero-order valence-electron chi connectivity index (χ0n) is 6.77. The Labute approximate surface area is 72.9 Å². The van der Waals surface area contributed by atoms with Crippen molar-refractivity contribution in [2.45, 2.75) is 37.5 Å². The van der Waals surface area contributed by atoms with Crippen LogP contribution in [-0.2, 0) is 4.79 Å². The Kier molecular flexibility index (Phi) is 2.80. The highest BCUT2D eigenvalue weighted by atomic mass is 19.4. The van der Waals surface area contributed by atoms with Crippen molar-refractivity contribution in [3.63, 3.8) is 0 Å². The van der Waals surface area contributed by atoms with Gasteiger partial charge in [0.05, 0.1) is 6.42 Å². The molecule has 0 aromatic rings. The Morgan fingerprint density at radius 2 is 2.08 bits per heavy atom. The Morgan fingerprint density at radius 3 is 2.46 bits per heavy atom. The number of alkyl halides is 3. The van der Waals surface area contributed by atoms with Gasteiger partial charge in [0.1, 0.15) is 6.04 Å². The average Bonchev–Trinajstić information content (AvgIpc) is 2.32. The van der Waals surface area contributed by atoms with Crippen LogP contribution in [0.1, 0.15) is 19.3 Å². The van der Waals surface area contributed by atoms with Crippen LogP contribution in [0, 0.1) is 0 Å². The van der Waals surface area contributed by atoms with Gasteiger partial charge in [-0.05, 0) is 12.8 Å². The topological polar surface area (TPSA) is 49.3 Å². The summed E-state index contributed by atoms with van der Waals surface area (Å²) in [6, 6.07) is -2.07. The molecule has 2 atom stereocenters. The molecule has 0 radical (unpaired) electrons. The van der Waals surface area contributed by atoms with Gasteiger partial charge in [-0.25, -0.2) is 0 Å². The molecule has 0 bridgehead atoms. The number of halogens is 3. The van der Waals surface area contributed by atoms with E-state index in [1.807, 2.05) is 0 Å². The zero-order chi connectivity index (χ0) is 10.1. The minimum absolute atomic E-state index is 0.0263. The van der Waals surface area contributed by atoms with Gasteiger partial charge in [-0.2, -0.15) is 13.2 Å². The lowest BCUT2D eigenvalue weighted by Crippen LogP contribution is -2.41. The largest absolute Gasteiger partial charge is 0.481 e. The van der Waals surface area contributed by atoms with Crippen molar-refractivity contribution in [2.24, 2.45) is 0 Å². The number of hydrogen-bond acceptors (Lipinski definition) is 2. The fraction of sp³-hybridized carbons (Fsp3) is 0.857. The highest BCUT2D eigenvalue weighted by molar-refractivity contribution is 5.67. The maximum atomic E-state index is 12.1. The van der Waals surface area contributed by atoms with Crippen molar-refractivity contribution in [1.82, 2.24) is 5.32 Å². The van der Waals surface area contributed by atoms with Crippen molar-refractivity contribution in [3.05, 3.63) is 0 Å². The molecule has 0 aromatic carbocycles. The monoisotopic (exact) mass is 197 g/mol. The molecule has 0 saturated carbocycles. The number of aliphatic carboxylic acids is 1. The van der Waals surface area contributed by atoms with E-state index in [9.17, 15) is 18.0 Å². The van der Waals surface area contributed by atoms with Crippen molar-refractivity contribution in [2.75, 3.05) is 0 Å². The van der Waals surface area contributed by atoms with Crippen molar-refractivity contribution in [1.29, 1.82) is 0 Å². The van der Waals surface area contributed by atoms with Crippen LogP contribution in [0.15, 0.2) is 0 Å². The third-order valence-electron chi connectivity index (χ3n) is 2.06. The summed E-state index contributed by atoms with van der Waals surface area (Å²) in [7, 11) is 0. The molecule has 0 amide bonds. The lowest BCUT2D eigenvalue weighted by molar-refractivity contribution is -0.153. The van der Waals surface area contributed by atoms with Gasteiger partial charge < -0.3 is 10.4 Å². The molecule has 2 N–H and O–H groups in total. The Bertz CT molecular complexity index is 204. The predicted octanol–water partition coefficient (Wildman–Crippen LogP) is 1.14. The first kappa shape index (κ1) is 10.3. The summed E-state index contributed by atoms with van der Waals surface area (Å²) >= 11 is 0. The average molecular weight is 197 g/mol. The molecule has 1 aliphatic rings. The van der Waals surface area contributed by atoms with Crippen molar-refractivity contribution < 1.29 is 23.1 Å². The van der Waals surface area contributed by atoms with E-state index < -0.39 is 24.2 Å². The van der Waals surface area contributed by atoms with E-state index in [4.69, 9.17) is 5.11 Å². The molecular formula is C7H10F3NO2. The van der Waals surface area contributed by atoms with Crippen LogP contribution in [0.25, 0.3) is 0 Å². The Morgan fingerprint density at radius 1 is 1.46 bits per heavy atom. The number of carbonyl (C=O) groups is 1. The molecule has 76 valence electrons. The normalized spacial score (nSPS) is 29.2. The van der Waals surface area contributed by atoms with Crippen LogP contribution in [0.2, 0.25) is 0 Å². The highest BCUT2D eigenvalue weighted by Gasteiger charge is 2.44. The summed E-state index contributed by atoms with van der Waals surface area (Å²) in [5.74, 6) is -1.07. The van der Waals surface area contributed by atoms with Crippen molar-refractivity contribution in [3.8, 4) is 0 Å². The third kappa shape index (κ3) is 2.87. The second-order valence-electron chi connectivity index (χ2n) is 3.13. The molecule has 6 heteroatoms. The van der Waals surface area contributed by atoms with Gasteiger partial charge in [0.2, 0.25) is 0 Å². The van der Waals surface area contributed by atoms with Gasteiger partial charge in [-0.1, -0.05) is 0 Å². The maximum absolute atomic E-state index is 12.1. The second kappa shape index (κ2) is 3.53. The number of rotatable bonds is 2. The van der Waals surface area contributed by atoms with Crippen LogP contribution in [0.3, 0.4) is 0 Å². The van der Waals surface area contributed by atoms with Crippen molar-refractivity contribution >= 4 is 5.97 Å².